The molecule has 11 aliphatic rings. The van der Waals surface area contributed by atoms with Crippen molar-refractivity contribution in [3.8, 4) is 57.1 Å². The number of hydrogen-bond acceptors (Lipinski definition) is 23. The fraction of sp³-hybridized carbons (Fsp3) is 0.466. The number of carbonyl (C=O) groups excluding carboxylic acids is 9. The number of phenols is 3. The van der Waals surface area contributed by atoms with Crippen LogP contribution in [0.4, 0.5) is 4.79 Å². The number of aliphatic hydroxyl groups excluding tert-OH is 5. The number of aliphatic hydroxyl groups is 5. The zero-order chi connectivity index (χ0) is 76.3. The summed E-state index contributed by atoms with van der Waals surface area (Å²) in [6.07, 6.45) is -8.78. The number of urea groups is 1. The number of nitrogens with two attached hydrogens (primary N) is 1. The maximum atomic E-state index is 16.3. The highest BCUT2D eigenvalue weighted by Crippen LogP contribution is 2.55. The summed E-state index contributed by atoms with van der Waals surface area (Å²) < 4.78 is 25.5. The van der Waals surface area contributed by atoms with E-state index in [1.807, 2.05) is 13.8 Å². The number of hydrogen-bond donors (Lipinski definition) is 19. The minimum atomic E-state index is -2.33. The van der Waals surface area contributed by atoms with Gasteiger partial charge in [0, 0.05) is 35.8 Å². The van der Waals surface area contributed by atoms with Gasteiger partial charge in [-0.2, -0.15) is 0 Å². The van der Waals surface area contributed by atoms with Crippen LogP contribution in [0.5, 0.6) is 46.0 Å². The zero-order valence-electron chi connectivity index (χ0n) is 57.9. The van der Waals surface area contributed by atoms with Gasteiger partial charge in [0.2, 0.25) is 59.3 Å². The van der Waals surface area contributed by atoms with E-state index >= 15 is 28.8 Å². The molecule has 5 aliphatic carbocycles. The van der Waals surface area contributed by atoms with E-state index in [-0.39, 0.29) is 91.2 Å². The van der Waals surface area contributed by atoms with Gasteiger partial charge in [0.1, 0.15) is 102 Å². The molecule has 0 radical (unpaired) electrons. The molecular weight excluding hydrogens is 1440 g/mol. The van der Waals surface area contributed by atoms with Gasteiger partial charge in [0.05, 0.1) is 22.5 Å². The molecule has 6 aliphatic heterocycles. The molecule has 107 heavy (non-hydrogen) atoms. The molecule has 570 valence electrons. The largest absolute Gasteiger partial charge is 0.508 e. The second kappa shape index (κ2) is 30.9. The smallest absolute Gasteiger partial charge is 0.321 e. The normalized spacial score (nSPS) is 29.8. The summed E-state index contributed by atoms with van der Waals surface area (Å²) in [4.78, 5) is 135. The summed E-state index contributed by atoms with van der Waals surface area (Å²) in [5.41, 5.74) is 3.92. The molecule has 5 aromatic carbocycles. The van der Waals surface area contributed by atoms with Crippen LogP contribution in [0.3, 0.4) is 0 Å². The molecule has 5 saturated carbocycles. The minimum absolute atomic E-state index is 0.0798. The zero-order valence-corrected chi connectivity index (χ0v) is 59.4. The van der Waals surface area contributed by atoms with Gasteiger partial charge in [-0.05, 0) is 170 Å². The number of carbonyl (C=O) groups is 9. The van der Waals surface area contributed by atoms with E-state index in [1.165, 1.54) is 31.3 Å². The lowest BCUT2D eigenvalue weighted by Crippen LogP contribution is -2.60. The number of ether oxygens (including phenoxy) is 4. The van der Waals surface area contributed by atoms with E-state index in [9.17, 15) is 55.2 Å². The summed E-state index contributed by atoms with van der Waals surface area (Å²) in [7, 11) is 1.48. The van der Waals surface area contributed by atoms with Gasteiger partial charge in [0.25, 0.3) is 0 Å². The number of amides is 10. The average molecular weight is 1520 g/mol. The highest BCUT2D eigenvalue weighted by molar-refractivity contribution is 6.32. The molecule has 10 amide bonds. The molecule has 6 fully saturated rings. The van der Waals surface area contributed by atoms with Crippen molar-refractivity contribution in [3.63, 3.8) is 0 Å². The Kier molecular flexibility index (Phi) is 21.9. The number of halogens is 2. The van der Waals surface area contributed by atoms with E-state index in [0.29, 0.717) is 24.7 Å². The standard InChI is InChI=1S/C73H83Cl2N11O21/c1-27(2)12-42(77-3)65(96)85-57-59(91)31-5-10-46(40(74)19-31)104-48-21-35-22-49(64(48)107-72-63(95)62(94)61(93)50(26-76)106-72)105-47-11-6-32(20-41(47)75)60(92)58-71(102)84-56(69(100)81-53-33-14-28-13-29(16-33)17-34(53)15-28)39-23-37(87)24-45(89)52(39)38-18-30(4-9-44(38)88)54(67(98)86-58)83-68(99)55(35)82-66(97)43(79-70(57)101)25-51(90)80-73(103)78-36-7-8-36/h4-6,9-11,18-24,27-29,33-34,36,42-43,50,53-63,72,77,87-89,91-95H,7-8,12-17,25-26,76H2,1-3H3,(H,79,101)(H,81,100)(H,82,97)(H,83,99)(H,84,102)(H,85,96)(H,86,98)(H2,78,80,90,103)/t28?,29?,33?,34?,42-,43?,50-,53?,54-,55?,56-,57?,58+,59-,60-,61-,62+,63-,72-/m1/s1. The van der Waals surface area contributed by atoms with Crippen molar-refractivity contribution in [1.29, 1.82) is 0 Å². The maximum absolute atomic E-state index is 16.3. The van der Waals surface area contributed by atoms with Crippen LogP contribution < -0.4 is 73.1 Å². The Balaban J connectivity index is 1.00. The Labute approximate surface area is 621 Å². The Hall–Kier alpha value is -9.61. The van der Waals surface area contributed by atoms with Crippen LogP contribution >= 0.6 is 23.2 Å². The van der Waals surface area contributed by atoms with Crippen molar-refractivity contribution in [1.82, 2.24) is 53.2 Å². The van der Waals surface area contributed by atoms with Crippen LogP contribution in [0.1, 0.15) is 130 Å². The summed E-state index contributed by atoms with van der Waals surface area (Å²) in [5.74, 6) is -13.0. The predicted molar refractivity (Wildman–Crippen MR) is 377 cm³/mol. The first-order chi connectivity index (χ1) is 51.0. The SMILES string of the molecule is CN[C@H](CC(C)C)C(=O)NC1C(=O)NC(CC(=O)NC(=O)NC2CC2)C(=O)NC2C(=O)N[C@H]3C(=O)N[C@H](C(=O)N[C@@H](C(=O)NC4C5CC6CC(C5)CC4C6)c4cc(O)cc(O)c4-c4cc3ccc4O)[C@H](O)c3ccc(c(Cl)c3)Oc3cc2cc(c3O[C@H]2O[C@H](CN)[C@@H](O)[C@H](O)[C@H]2O)Oc2ccc(cc2Cl)[C@H]1O. The summed E-state index contributed by atoms with van der Waals surface area (Å²) >= 11 is 14.2. The molecule has 0 spiro atoms. The van der Waals surface area contributed by atoms with Gasteiger partial charge in [-0.1, -0.05) is 55.2 Å². The second-order valence-electron chi connectivity index (χ2n) is 29.2. The van der Waals surface area contributed by atoms with Gasteiger partial charge < -0.3 is 113 Å². The number of benzene rings is 5. The van der Waals surface area contributed by atoms with E-state index in [2.05, 4.69) is 53.2 Å². The van der Waals surface area contributed by atoms with E-state index in [4.69, 9.17) is 47.9 Å². The number of nitrogens with one attached hydrogen (secondary N) is 10. The van der Waals surface area contributed by atoms with Gasteiger partial charge in [-0.25, -0.2) is 4.79 Å². The quantitative estimate of drug-likeness (QED) is 0.0803. The van der Waals surface area contributed by atoms with Crippen LogP contribution in [0.25, 0.3) is 11.1 Å². The van der Waals surface area contributed by atoms with Crippen molar-refractivity contribution in [2.45, 2.75) is 169 Å². The maximum Gasteiger partial charge on any atom is 0.321 e. The highest BCUT2D eigenvalue weighted by atomic mass is 35.5. The third-order valence-electron chi connectivity index (χ3n) is 21.1. The molecular formula is C73H83Cl2N11O21. The van der Waals surface area contributed by atoms with Gasteiger partial charge in [0.15, 0.2) is 11.5 Å². The van der Waals surface area contributed by atoms with Crippen molar-refractivity contribution in [2.75, 3.05) is 13.6 Å². The van der Waals surface area contributed by atoms with Gasteiger partial charge in [-0.3, -0.25) is 43.7 Å². The molecule has 6 heterocycles. The fourth-order valence-electron chi connectivity index (χ4n) is 15.8. The Morgan fingerprint density at radius 3 is 1.84 bits per heavy atom. The number of phenolic OH excluding ortho intramolecular Hbond substituents is 3. The van der Waals surface area contributed by atoms with Crippen molar-refractivity contribution >= 4 is 76.5 Å². The van der Waals surface area contributed by atoms with Gasteiger partial charge >= 0.3 is 6.03 Å². The number of rotatable bonds is 13. The van der Waals surface area contributed by atoms with Crippen molar-refractivity contribution in [2.24, 2.45) is 35.3 Å². The van der Waals surface area contributed by atoms with Crippen LogP contribution in [0.2, 0.25) is 10.0 Å². The molecule has 32 nitrogen and oxygen atoms in total. The number of imide groups is 1. The first kappa shape index (κ1) is 75.6. The van der Waals surface area contributed by atoms with Crippen molar-refractivity contribution < 1.29 is 103 Å². The summed E-state index contributed by atoms with van der Waals surface area (Å²) in [6.45, 7) is 3.21. The molecule has 16 rings (SSSR count). The molecule has 0 aromatic heterocycles. The first-order valence-corrected chi connectivity index (χ1v) is 36.1. The Morgan fingerprint density at radius 1 is 0.626 bits per heavy atom. The molecule has 14 atom stereocenters. The molecule has 3 unspecified atom stereocenters. The number of fused-ring (bicyclic) bond motifs is 15. The van der Waals surface area contributed by atoms with E-state index in [0.717, 1.165) is 86.7 Å². The summed E-state index contributed by atoms with van der Waals surface area (Å²) in [5, 5.41) is 119. The van der Waals surface area contributed by atoms with Crippen LogP contribution in [0, 0.1) is 29.6 Å². The van der Waals surface area contributed by atoms with Crippen LogP contribution in [-0.4, -0.2) is 175 Å². The lowest BCUT2D eigenvalue weighted by Gasteiger charge is -2.54. The first-order valence-electron chi connectivity index (χ1n) is 35.4. The predicted octanol–water partition coefficient (Wildman–Crippen LogP) is 2.19. The van der Waals surface area contributed by atoms with Crippen LogP contribution in [0.15, 0.2) is 78.9 Å². The van der Waals surface area contributed by atoms with E-state index in [1.54, 1.807) is 0 Å². The molecule has 20 N–H and O–H groups in total. The molecule has 5 aromatic rings. The number of likely N-dealkylation sites (N-methyl/N-ethyl adjacent to an activating group) is 1. The third kappa shape index (κ3) is 15.9. The molecule has 1 saturated heterocycles. The highest BCUT2D eigenvalue weighted by Gasteiger charge is 2.51. The van der Waals surface area contributed by atoms with Crippen LogP contribution in [-0.2, 0) is 43.1 Å². The summed E-state index contributed by atoms with van der Waals surface area (Å²) in [6, 6.07) is -0.864. The second-order valence-corrected chi connectivity index (χ2v) is 30.0. The van der Waals surface area contributed by atoms with Crippen molar-refractivity contribution in [3.05, 3.63) is 117 Å². The van der Waals surface area contributed by atoms with Gasteiger partial charge in [-0.15, -0.1) is 0 Å². The minimum Gasteiger partial charge on any atom is -0.508 e. The lowest BCUT2D eigenvalue weighted by molar-refractivity contribution is -0.270. The van der Waals surface area contributed by atoms with E-state index < -0.39 is 192 Å². The topological polar surface area (TPSA) is 499 Å². The Bertz CT molecular complexity index is 4350. The monoisotopic (exact) mass is 1520 g/mol. The number of aromatic hydroxyl groups is 3. The lowest BCUT2D eigenvalue weighted by atomic mass is 9.54. The average Bonchev–Trinajstić information content (AvgIpc) is 1.48. The molecule has 15 bridgehead atoms. The Morgan fingerprint density at radius 2 is 1.23 bits per heavy atom. The molecule has 34 heteroatoms. The third-order valence-corrected chi connectivity index (χ3v) is 21.7. The fourth-order valence-corrected chi connectivity index (χ4v) is 16.3.